The summed E-state index contributed by atoms with van der Waals surface area (Å²) >= 11 is 0. The van der Waals surface area contributed by atoms with Crippen LogP contribution in [0.15, 0.2) is 42.6 Å². The monoisotopic (exact) mass is 213 g/mol. The lowest BCUT2D eigenvalue weighted by Crippen LogP contribution is -2.01. The molecule has 0 unspecified atom stereocenters. The van der Waals surface area contributed by atoms with Gasteiger partial charge in [-0.1, -0.05) is 18.2 Å². The lowest BCUT2D eigenvalue weighted by atomic mass is 10.00. The zero-order valence-electron chi connectivity index (χ0n) is 8.84. The third-order valence-corrected chi connectivity index (χ3v) is 2.51. The topological polar surface area (TPSA) is 50.2 Å². The molecule has 0 radical (unpaired) electrons. The summed E-state index contributed by atoms with van der Waals surface area (Å²) in [4.78, 5) is 15.2. The lowest BCUT2D eigenvalue weighted by Gasteiger charge is -2.07. The maximum atomic E-state index is 11.0. The maximum Gasteiger partial charge on any atom is 0.335 e. The maximum absolute atomic E-state index is 11.0. The molecule has 1 aromatic carbocycles. The standard InChI is InChI=1S/C13H11NO2/c1-9-10(12-7-2-3-8-14-12)5-4-6-11(9)13(15)16/h2-8H,1H3,(H,15,16). The molecule has 0 bridgehead atoms. The molecule has 1 heterocycles. The van der Waals surface area contributed by atoms with Crippen LogP contribution in [-0.2, 0) is 0 Å². The molecule has 0 aliphatic heterocycles. The molecule has 1 aromatic heterocycles. The van der Waals surface area contributed by atoms with Gasteiger partial charge >= 0.3 is 5.97 Å². The van der Waals surface area contributed by atoms with Crippen LogP contribution in [0.1, 0.15) is 15.9 Å². The summed E-state index contributed by atoms with van der Waals surface area (Å²) in [5.41, 5.74) is 2.72. The first kappa shape index (κ1) is 10.4. The van der Waals surface area contributed by atoms with E-state index in [1.165, 1.54) is 0 Å². The van der Waals surface area contributed by atoms with Crippen molar-refractivity contribution in [3.8, 4) is 11.3 Å². The van der Waals surface area contributed by atoms with E-state index in [0.29, 0.717) is 5.56 Å². The number of benzene rings is 1. The number of pyridine rings is 1. The predicted molar refractivity (Wildman–Crippen MR) is 61.4 cm³/mol. The quantitative estimate of drug-likeness (QED) is 0.834. The van der Waals surface area contributed by atoms with Crippen LogP contribution in [0.5, 0.6) is 0 Å². The molecule has 0 amide bonds. The number of carboxylic acid groups (broad SMARTS) is 1. The molecule has 0 saturated carbocycles. The van der Waals surface area contributed by atoms with Gasteiger partial charge < -0.3 is 5.11 Å². The van der Waals surface area contributed by atoms with Crippen LogP contribution < -0.4 is 0 Å². The average Bonchev–Trinajstić information content (AvgIpc) is 2.30. The second-order valence-corrected chi connectivity index (χ2v) is 3.50. The number of carboxylic acids is 1. The van der Waals surface area contributed by atoms with Gasteiger partial charge in [-0.25, -0.2) is 4.79 Å². The number of carbonyl (C=O) groups is 1. The van der Waals surface area contributed by atoms with Crippen LogP contribution in [0.2, 0.25) is 0 Å². The summed E-state index contributed by atoms with van der Waals surface area (Å²) in [6.07, 6.45) is 1.70. The van der Waals surface area contributed by atoms with Crippen LogP contribution in [0, 0.1) is 6.92 Å². The SMILES string of the molecule is Cc1c(C(=O)O)cccc1-c1ccccn1. The third-order valence-electron chi connectivity index (χ3n) is 2.51. The Morgan fingerprint density at radius 1 is 1.19 bits per heavy atom. The molecule has 0 saturated heterocycles. The fourth-order valence-electron chi connectivity index (χ4n) is 1.67. The number of aromatic carboxylic acids is 1. The predicted octanol–water partition coefficient (Wildman–Crippen LogP) is 2.76. The van der Waals surface area contributed by atoms with Gasteiger partial charge in [0, 0.05) is 11.8 Å². The molecule has 0 aliphatic carbocycles. The minimum absolute atomic E-state index is 0.322. The van der Waals surface area contributed by atoms with Crippen molar-refractivity contribution >= 4 is 5.97 Å². The van der Waals surface area contributed by atoms with E-state index in [1.807, 2.05) is 24.3 Å². The fourth-order valence-corrected chi connectivity index (χ4v) is 1.67. The lowest BCUT2D eigenvalue weighted by molar-refractivity contribution is 0.0696. The highest BCUT2D eigenvalue weighted by Gasteiger charge is 2.11. The van der Waals surface area contributed by atoms with Crippen molar-refractivity contribution in [1.29, 1.82) is 0 Å². The molecule has 0 spiro atoms. The average molecular weight is 213 g/mol. The first-order valence-corrected chi connectivity index (χ1v) is 4.94. The summed E-state index contributed by atoms with van der Waals surface area (Å²) in [6, 6.07) is 10.8. The highest BCUT2D eigenvalue weighted by atomic mass is 16.4. The second kappa shape index (κ2) is 4.14. The summed E-state index contributed by atoms with van der Waals surface area (Å²) in [6.45, 7) is 1.80. The Hall–Kier alpha value is -2.16. The largest absolute Gasteiger partial charge is 0.478 e. The van der Waals surface area contributed by atoms with Gasteiger partial charge in [0.1, 0.15) is 0 Å². The van der Waals surface area contributed by atoms with Gasteiger partial charge in [0.25, 0.3) is 0 Å². The van der Waals surface area contributed by atoms with E-state index in [0.717, 1.165) is 16.8 Å². The van der Waals surface area contributed by atoms with Crippen molar-refractivity contribution in [3.05, 3.63) is 53.7 Å². The van der Waals surface area contributed by atoms with Gasteiger partial charge in [-0.2, -0.15) is 0 Å². The van der Waals surface area contributed by atoms with Crippen molar-refractivity contribution in [2.75, 3.05) is 0 Å². The van der Waals surface area contributed by atoms with Crippen LogP contribution >= 0.6 is 0 Å². The molecule has 80 valence electrons. The molecule has 1 N–H and O–H groups in total. The molecular weight excluding hydrogens is 202 g/mol. The first-order chi connectivity index (χ1) is 7.70. The molecule has 2 rings (SSSR count). The molecule has 0 fully saturated rings. The Morgan fingerprint density at radius 3 is 2.62 bits per heavy atom. The van der Waals surface area contributed by atoms with E-state index in [9.17, 15) is 4.79 Å². The van der Waals surface area contributed by atoms with E-state index in [-0.39, 0.29) is 0 Å². The molecule has 2 aromatic rings. The zero-order valence-corrected chi connectivity index (χ0v) is 8.84. The first-order valence-electron chi connectivity index (χ1n) is 4.94. The van der Waals surface area contributed by atoms with Crippen molar-refractivity contribution in [2.24, 2.45) is 0 Å². The van der Waals surface area contributed by atoms with Gasteiger partial charge in [0.05, 0.1) is 11.3 Å². The second-order valence-electron chi connectivity index (χ2n) is 3.50. The van der Waals surface area contributed by atoms with Gasteiger partial charge in [-0.3, -0.25) is 4.98 Å². The van der Waals surface area contributed by atoms with Crippen molar-refractivity contribution in [3.63, 3.8) is 0 Å². The normalized spacial score (nSPS) is 10.1. The molecule has 3 heteroatoms. The Morgan fingerprint density at radius 2 is 2.00 bits per heavy atom. The molecule has 0 atom stereocenters. The summed E-state index contributed by atoms with van der Waals surface area (Å²) < 4.78 is 0. The van der Waals surface area contributed by atoms with Gasteiger partial charge in [0.15, 0.2) is 0 Å². The Kier molecular flexibility index (Phi) is 2.68. The Balaban J connectivity index is 2.59. The fraction of sp³-hybridized carbons (Fsp3) is 0.0769. The Bertz CT molecular complexity index is 521. The van der Waals surface area contributed by atoms with Crippen LogP contribution in [0.25, 0.3) is 11.3 Å². The van der Waals surface area contributed by atoms with E-state index in [1.54, 1.807) is 25.3 Å². The van der Waals surface area contributed by atoms with Crippen molar-refractivity contribution < 1.29 is 9.90 Å². The smallest absolute Gasteiger partial charge is 0.335 e. The highest BCUT2D eigenvalue weighted by Crippen LogP contribution is 2.23. The van der Waals surface area contributed by atoms with E-state index in [2.05, 4.69) is 4.98 Å². The minimum atomic E-state index is -0.907. The van der Waals surface area contributed by atoms with E-state index >= 15 is 0 Å². The summed E-state index contributed by atoms with van der Waals surface area (Å²) in [7, 11) is 0. The molecule has 3 nitrogen and oxygen atoms in total. The zero-order chi connectivity index (χ0) is 11.5. The summed E-state index contributed by atoms with van der Waals surface area (Å²) in [5, 5.41) is 9.02. The molecule has 0 aliphatic rings. The molecular formula is C13H11NO2. The van der Waals surface area contributed by atoms with E-state index < -0.39 is 5.97 Å². The summed E-state index contributed by atoms with van der Waals surface area (Å²) in [5.74, 6) is -0.907. The number of hydrogen-bond donors (Lipinski definition) is 1. The third kappa shape index (κ3) is 1.80. The highest BCUT2D eigenvalue weighted by molar-refractivity contribution is 5.91. The number of nitrogens with zero attached hydrogens (tertiary/aromatic N) is 1. The number of aromatic nitrogens is 1. The van der Waals surface area contributed by atoms with Gasteiger partial charge in [-0.05, 0) is 30.7 Å². The number of hydrogen-bond acceptors (Lipinski definition) is 2. The van der Waals surface area contributed by atoms with Gasteiger partial charge in [-0.15, -0.1) is 0 Å². The Labute approximate surface area is 93.4 Å². The molecule has 16 heavy (non-hydrogen) atoms. The minimum Gasteiger partial charge on any atom is -0.478 e. The van der Waals surface area contributed by atoms with Crippen molar-refractivity contribution in [2.45, 2.75) is 6.92 Å². The van der Waals surface area contributed by atoms with Crippen molar-refractivity contribution in [1.82, 2.24) is 4.98 Å². The van der Waals surface area contributed by atoms with E-state index in [4.69, 9.17) is 5.11 Å². The number of rotatable bonds is 2. The van der Waals surface area contributed by atoms with Crippen LogP contribution in [-0.4, -0.2) is 16.1 Å². The van der Waals surface area contributed by atoms with Gasteiger partial charge in [0.2, 0.25) is 0 Å². The van der Waals surface area contributed by atoms with Crippen LogP contribution in [0.3, 0.4) is 0 Å². The van der Waals surface area contributed by atoms with Crippen LogP contribution in [0.4, 0.5) is 0 Å².